The van der Waals surface area contributed by atoms with E-state index in [9.17, 15) is 4.79 Å². The molecule has 1 atom stereocenters. The number of halogens is 2. The number of benzene rings is 1. The lowest BCUT2D eigenvalue weighted by Crippen LogP contribution is -2.36. The van der Waals surface area contributed by atoms with Crippen LogP contribution in [0.5, 0.6) is 0 Å². The van der Waals surface area contributed by atoms with E-state index in [0.717, 1.165) is 20.9 Å². The summed E-state index contributed by atoms with van der Waals surface area (Å²) in [6.45, 7) is 3.99. The average molecular weight is 349 g/mol. The quantitative estimate of drug-likeness (QED) is 0.764. The maximum atomic E-state index is 12.2. The Morgan fingerprint density at radius 1 is 1.50 bits per heavy atom. The molecule has 0 radical (unpaired) electrons. The molecular formula is C12H15Br2NO. The van der Waals surface area contributed by atoms with Gasteiger partial charge in [0.05, 0.1) is 5.56 Å². The van der Waals surface area contributed by atoms with Gasteiger partial charge in [-0.25, -0.2) is 0 Å². The Morgan fingerprint density at radius 2 is 2.12 bits per heavy atom. The van der Waals surface area contributed by atoms with Crippen LogP contribution in [0.3, 0.4) is 0 Å². The van der Waals surface area contributed by atoms with Crippen LogP contribution in [0.1, 0.15) is 22.8 Å². The van der Waals surface area contributed by atoms with E-state index in [1.54, 1.807) is 4.90 Å². The number of amides is 1. The molecule has 88 valence electrons. The van der Waals surface area contributed by atoms with Gasteiger partial charge in [0.2, 0.25) is 0 Å². The lowest BCUT2D eigenvalue weighted by Gasteiger charge is -2.23. The second-order valence-corrected chi connectivity index (χ2v) is 5.40. The first-order chi connectivity index (χ1) is 7.47. The van der Waals surface area contributed by atoms with Gasteiger partial charge in [-0.3, -0.25) is 4.79 Å². The van der Waals surface area contributed by atoms with Crippen molar-refractivity contribution in [2.24, 2.45) is 0 Å². The summed E-state index contributed by atoms with van der Waals surface area (Å²) in [5.41, 5.74) is 1.81. The zero-order valence-electron chi connectivity index (χ0n) is 9.63. The second kappa shape index (κ2) is 5.82. The third-order valence-electron chi connectivity index (χ3n) is 2.56. The SMILES string of the molecule is Cc1ccc(Br)c(C(=O)N(C)C(C)CBr)c1. The fourth-order valence-corrected chi connectivity index (χ4v) is 2.15. The summed E-state index contributed by atoms with van der Waals surface area (Å²) in [6, 6.07) is 5.98. The molecule has 2 nitrogen and oxygen atoms in total. The molecule has 0 fully saturated rings. The van der Waals surface area contributed by atoms with Crippen molar-refractivity contribution in [1.29, 1.82) is 0 Å². The van der Waals surface area contributed by atoms with Crippen LogP contribution < -0.4 is 0 Å². The first-order valence-corrected chi connectivity index (χ1v) is 6.98. The summed E-state index contributed by atoms with van der Waals surface area (Å²) in [4.78, 5) is 13.9. The van der Waals surface area contributed by atoms with Gasteiger partial charge in [0.1, 0.15) is 0 Å². The smallest absolute Gasteiger partial charge is 0.255 e. The van der Waals surface area contributed by atoms with Crippen LogP contribution in [0.4, 0.5) is 0 Å². The van der Waals surface area contributed by atoms with Crippen molar-refractivity contribution in [3.05, 3.63) is 33.8 Å². The minimum Gasteiger partial charge on any atom is -0.338 e. The number of aryl methyl sites for hydroxylation is 1. The molecule has 1 aromatic carbocycles. The molecule has 0 heterocycles. The maximum absolute atomic E-state index is 12.2. The van der Waals surface area contributed by atoms with E-state index < -0.39 is 0 Å². The van der Waals surface area contributed by atoms with Crippen LogP contribution in [0.25, 0.3) is 0 Å². The summed E-state index contributed by atoms with van der Waals surface area (Å²) >= 11 is 6.79. The minimum absolute atomic E-state index is 0.0440. The summed E-state index contributed by atoms with van der Waals surface area (Å²) in [7, 11) is 1.82. The zero-order chi connectivity index (χ0) is 12.3. The Morgan fingerprint density at radius 3 is 2.69 bits per heavy atom. The molecule has 1 unspecified atom stereocenters. The normalized spacial score (nSPS) is 12.3. The molecule has 0 spiro atoms. The molecule has 0 aromatic heterocycles. The first-order valence-electron chi connectivity index (χ1n) is 5.06. The van der Waals surface area contributed by atoms with Crippen LogP contribution in [0.15, 0.2) is 22.7 Å². The van der Waals surface area contributed by atoms with Gasteiger partial charge < -0.3 is 4.90 Å². The number of carbonyl (C=O) groups excluding carboxylic acids is 1. The highest BCUT2D eigenvalue weighted by Crippen LogP contribution is 2.20. The fourth-order valence-electron chi connectivity index (χ4n) is 1.30. The van der Waals surface area contributed by atoms with Gasteiger partial charge in [-0.15, -0.1) is 0 Å². The van der Waals surface area contributed by atoms with E-state index in [2.05, 4.69) is 31.9 Å². The van der Waals surface area contributed by atoms with Gasteiger partial charge in [-0.2, -0.15) is 0 Å². The highest BCUT2D eigenvalue weighted by atomic mass is 79.9. The number of carbonyl (C=O) groups is 1. The van der Waals surface area contributed by atoms with Crippen LogP contribution in [-0.2, 0) is 0 Å². The van der Waals surface area contributed by atoms with Crippen molar-refractivity contribution < 1.29 is 4.79 Å². The number of rotatable bonds is 3. The number of alkyl halides is 1. The van der Waals surface area contributed by atoms with E-state index >= 15 is 0 Å². The van der Waals surface area contributed by atoms with E-state index in [4.69, 9.17) is 0 Å². The van der Waals surface area contributed by atoms with Crippen LogP contribution in [0.2, 0.25) is 0 Å². The van der Waals surface area contributed by atoms with Gasteiger partial charge >= 0.3 is 0 Å². The second-order valence-electron chi connectivity index (χ2n) is 3.90. The number of hydrogen-bond acceptors (Lipinski definition) is 1. The summed E-state index contributed by atoms with van der Waals surface area (Å²) in [6.07, 6.45) is 0. The van der Waals surface area contributed by atoms with Crippen molar-refractivity contribution in [3.8, 4) is 0 Å². The van der Waals surface area contributed by atoms with Gasteiger partial charge in [-0.05, 0) is 41.9 Å². The zero-order valence-corrected chi connectivity index (χ0v) is 12.8. The molecule has 0 bridgehead atoms. The molecule has 1 aromatic rings. The molecule has 0 saturated heterocycles. The van der Waals surface area contributed by atoms with Crippen molar-refractivity contribution in [2.45, 2.75) is 19.9 Å². The number of nitrogens with zero attached hydrogens (tertiary/aromatic N) is 1. The Labute approximate surface area is 113 Å². The monoisotopic (exact) mass is 347 g/mol. The Bertz CT molecular complexity index is 393. The molecule has 4 heteroatoms. The molecule has 0 saturated carbocycles. The Kier molecular flexibility index (Phi) is 4.99. The van der Waals surface area contributed by atoms with E-state index in [0.29, 0.717) is 0 Å². The minimum atomic E-state index is 0.0440. The molecule has 16 heavy (non-hydrogen) atoms. The first kappa shape index (κ1) is 13.7. The van der Waals surface area contributed by atoms with Crippen LogP contribution in [0, 0.1) is 6.92 Å². The predicted octanol–water partition coefficient (Wildman–Crippen LogP) is 3.61. The number of hydrogen-bond donors (Lipinski definition) is 0. The van der Waals surface area contributed by atoms with Crippen molar-refractivity contribution in [1.82, 2.24) is 4.90 Å². The van der Waals surface area contributed by atoms with E-state index in [1.165, 1.54) is 0 Å². The van der Waals surface area contributed by atoms with Crippen LogP contribution in [-0.4, -0.2) is 29.2 Å². The Hall–Kier alpha value is -0.350. The molecule has 1 amide bonds. The topological polar surface area (TPSA) is 20.3 Å². The Balaban J connectivity index is 3.00. The highest BCUT2D eigenvalue weighted by molar-refractivity contribution is 9.10. The summed E-state index contributed by atoms with van der Waals surface area (Å²) in [5.74, 6) is 0.0440. The third-order valence-corrected chi connectivity index (χ3v) is 4.19. The molecule has 0 aliphatic heterocycles. The highest BCUT2D eigenvalue weighted by Gasteiger charge is 2.18. The largest absolute Gasteiger partial charge is 0.338 e. The third kappa shape index (κ3) is 3.08. The molecule has 0 N–H and O–H groups in total. The van der Waals surface area contributed by atoms with Crippen LogP contribution >= 0.6 is 31.9 Å². The summed E-state index contributed by atoms with van der Waals surface area (Å²) < 4.78 is 0.844. The van der Waals surface area contributed by atoms with Gasteiger partial charge in [0.25, 0.3) is 5.91 Å². The standard InChI is InChI=1S/C12H15Br2NO/c1-8-4-5-11(14)10(6-8)12(16)15(3)9(2)7-13/h4-6,9H,7H2,1-3H3. The average Bonchev–Trinajstić information content (AvgIpc) is 2.29. The molecule has 1 rings (SSSR count). The maximum Gasteiger partial charge on any atom is 0.255 e. The van der Waals surface area contributed by atoms with Gasteiger partial charge in [-0.1, -0.05) is 27.6 Å². The van der Waals surface area contributed by atoms with Gasteiger partial charge in [0, 0.05) is 22.9 Å². The van der Waals surface area contributed by atoms with Crippen molar-refractivity contribution in [2.75, 3.05) is 12.4 Å². The lowest BCUT2D eigenvalue weighted by atomic mass is 10.1. The predicted molar refractivity (Wildman–Crippen MR) is 74.2 cm³/mol. The lowest BCUT2D eigenvalue weighted by molar-refractivity contribution is 0.0757. The van der Waals surface area contributed by atoms with Crippen molar-refractivity contribution in [3.63, 3.8) is 0 Å². The van der Waals surface area contributed by atoms with Gasteiger partial charge in [0.15, 0.2) is 0 Å². The van der Waals surface area contributed by atoms with E-state index in [1.807, 2.05) is 39.1 Å². The van der Waals surface area contributed by atoms with E-state index in [-0.39, 0.29) is 11.9 Å². The van der Waals surface area contributed by atoms with Crippen molar-refractivity contribution >= 4 is 37.8 Å². The molecule has 0 aliphatic rings. The summed E-state index contributed by atoms with van der Waals surface area (Å²) in [5, 5.41) is 0.776. The fraction of sp³-hybridized carbons (Fsp3) is 0.417. The molecule has 0 aliphatic carbocycles. The molecular weight excluding hydrogens is 334 g/mol.